The summed E-state index contributed by atoms with van der Waals surface area (Å²) in [4.78, 5) is 23.9. The van der Waals surface area contributed by atoms with Crippen molar-refractivity contribution in [3.05, 3.63) is 87.2 Å². The molecule has 0 radical (unpaired) electrons. The quantitative estimate of drug-likeness (QED) is 0.405. The molecule has 166 valence electrons. The number of carboxylic acid groups (broad SMARTS) is 1. The Labute approximate surface area is 194 Å². The average Bonchev–Trinajstić information content (AvgIpc) is 2.76. The smallest absolute Gasteiger partial charge is 0.338 e. The van der Waals surface area contributed by atoms with Crippen LogP contribution in [0.5, 0.6) is 5.75 Å². The van der Waals surface area contributed by atoms with Crippen molar-refractivity contribution in [3.63, 3.8) is 0 Å². The van der Waals surface area contributed by atoms with Crippen molar-refractivity contribution in [3.8, 4) is 16.9 Å². The van der Waals surface area contributed by atoms with Gasteiger partial charge in [-0.3, -0.25) is 4.79 Å². The van der Waals surface area contributed by atoms with Gasteiger partial charge < -0.3 is 15.2 Å². The molecule has 0 aliphatic rings. The van der Waals surface area contributed by atoms with Crippen molar-refractivity contribution in [1.82, 2.24) is 5.32 Å². The van der Waals surface area contributed by atoms with E-state index >= 15 is 0 Å². The first kappa shape index (κ1) is 23.6. The van der Waals surface area contributed by atoms with Gasteiger partial charge in [-0.05, 0) is 48.4 Å². The molecule has 0 spiro atoms. The van der Waals surface area contributed by atoms with Crippen LogP contribution in [0.15, 0.2) is 54.6 Å². The summed E-state index contributed by atoms with van der Waals surface area (Å²) in [5.41, 5.74) is 1.06. The van der Waals surface area contributed by atoms with Gasteiger partial charge in [-0.25, -0.2) is 9.18 Å². The molecule has 0 bridgehead atoms. The van der Waals surface area contributed by atoms with Crippen LogP contribution in [0.2, 0.25) is 10.0 Å². The minimum Gasteiger partial charge on any atom is -0.493 e. The van der Waals surface area contributed by atoms with Crippen molar-refractivity contribution in [1.29, 1.82) is 0 Å². The molecule has 5 nitrogen and oxygen atoms in total. The number of carboxylic acids is 1. The summed E-state index contributed by atoms with van der Waals surface area (Å²) < 4.78 is 20.5. The van der Waals surface area contributed by atoms with Gasteiger partial charge in [0.05, 0.1) is 22.8 Å². The third-order valence-corrected chi connectivity index (χ3v) is 5.23. The Morgan fingerprint density at radius 3 is 2.53 bits per heavy atom. The maximum absolute atomic E-state index is 14.7. The van der Waals surface area contributed by atoms with Crippen LogP contribution >= 0.6 is 23.2 Å². The van der Waals surface area contributed by atoms with E-state index in [9.17, 15) is 19.1 Å². The van der Waals surface area contributed by atoms with E-state index in [2.05, 4.69) is 5.32 Å². The van der Waals surface area contributed by atoms with Crippen LogP contribution in [-0.2, 0) is 6.54 Å². The summed E-state index contributed by atoms with van der Waals surface area (Å²) >= 11 is 12.0. The van der Waals surface area contributed by atoms with E-state index in [1.807, 2.05) is 6.92 Å². The molecule has 0 saturated carbocycles. The third kappa shape index (κ3) is 5.39. The predicted octanol–water partition coefficient (Wildman–Crippen LogP) is 6.22. The van der Waals surface area contributed by atoms with E-state index in [0.717, 1.165) is 6.42 Å². The first-order valence-corrected chi connectivity index (χ1v) is 10.6. The number of hydrogen-bond donors (Lipinski definition) is 2. The third-order valence-electron chi connectivity index (χ3n) is 4.68. The Morgan fingerprint density at radius 1 is 1.06 bits per heavy atom. The van der Waals surface area contributed by atoms with Gasteiger partial charge in [-0.1, -0.05) is 48.3 Å². The van der Waals surface area contributed by atoms with Gasteiger partial charge in [-0.2, -0.15) is 0 Å². The average molecular weight is 476 g/mol. The molecule has 0 aromatic heterocycles. The molecule has 0 aliphatic heterocycles. The number of hydrogen-bond acceptors (Lipinski definition) is 3. The minimum absolute atomic E-state index is 0.0882. The van der Waals surface area contributed by atoms with Crippen molar-refractivity contribution in [2.45, 2.75) is 19.9 Å². The molecule has 0 atom stereocenters. The van der Waals surface area contributed by atoms with Crippen LogP contribution in [0.3, 0.4) is 0 Å². The zero-order valence-corrected chi connectivity index (χ0v) is 18.6. The van der Waals surface area contributed by atoms with E-state index in [0.29, 0.717) is 28.5 Å². The van der Waals surface area contributed by atoms with Crippen LogP contribution in [0.25, 0.3) is 11.1 Å². The number of aromatic carboxylic acids is 1. The van der Waals surface area contributed by atoms with E-state index in [4.69, 9.17) is 27.9 Å². The molecular formula is C24H20Cl2FNO4. The molecule has 3 rings (SSSR count). The Morgan fingerprint density at radius 2 is 1.84 bits per heavy atom. The molecule has 0 heterocycles. The highest BCUT2D eigenvalue weighted by atomic mass is 35.5. The number of benzene rings is 3. The number of carbonyl (C=O) groups excluding carboxylic acids is 1. The van der Waals surface area contributed by atoms with Crippen molar-refractivity contribution in [2.24, 2.45) is 0 Å². The molecule has 8 heteroatoms. The zero-order chi connectivity index (χ0) is 23.3. The van der Waals surface area contributed by atoms with Gasteiger partial charge in [0, 0.05) is 22.7 Å². The summed E-state index contributed by atoms with van der Waals surface area (Å²) in [5, 5.41) is 12.6. The molecule has 0 aliphatic carbocycles. The molecular weight excluding hydrogens is 456 g/mol. The Kier molecular flexibility index (Phi) is 7.72. The molecule has 2 N–H and O–H groups in total. The normalized spacial score (nSPS) is 10.6. The maximum atomic E-state index is 14.7. The molecule has 0 fully saturated rings. The van der Waals surface area contributed by atoms with Crippen molar-refractivity contribution >= 4 is 35.1 Å². The number of amides is 1. The number of halogens is 3. The predicted molar refractivity (Wildman–Crippen MR) is 122 cm³/mol. The fourth-order valence-corrected chi connectivity index (χ4v) is 3.60. The lowest BCUT2D eigenvalue weighted by atomic mass is 9.99. The first-order chi connectivity index (χ1) is 15.3. The van der Waals surface area contributed by atoms with Crippen molar-refractivity contribution < 1.29 is 23.8 Å². The number of rotatable bonds is 8. The largest absolute Gasteiger partial charge is 0.493 e. The standard InChI is InChI=1S/C24H20Cl2FNO4/c1-2-10-32-21-9-6-14(17-4-3-5-19(22(17)27)24(30)31)11-15(21)13-28-23(29)18-8-7-16(25)12-20(18)26/h3-9,11-12H,2,10,13H2,1H3,(H,28,29)(H,30,31). The second kappa shape index (κ2) is 10.5. The maximum Gasteiger partial charge on any atom is 0.338 e. The number of carbonyl (C=O) groups is 2. The summed E-state index contributed by atoms with van der Waals surface area (Å²) in [6, 6.07) is 13.7. The zero-order valence-electron chi connectivity index (χ0n) is 17.1. The summed E-state index contributed by atoms with van der Waals surface area (Å²) in [5.74, 6) is -2.05. The monoisotopic (exact) mass is 475 g/mol. The van der Waals surface area contributed by atoms with E-state index < -0.39 is 23.3 Å². The van der Waals surface area contributed by atoms with Crippen molar-refractivity contribution in [2.75, 3.05) is 6.61 Å². The topological polar surface area (TPSA) is 75.6 Å². The fourth-order valence-electron chi connectivity index (χ4n) is 3.10. The minimum atomic E-state index is -1.35. The van der Waals surface area contributed by atoms with Gasteiger partial charge in [0.1, 0.15) is 11.6 Å². The molecule has 32 heavy (non-hydrogen) atoms. The fraction of sp³-hybridized carbons (Fsp3) is 0.167. The highest BCUT2D eigenvalue weighted by molar-refractivity contribution is 6.36. The summed E-state index contributed by atoms with van der Waals surface area (Å²) in [6.45, 7) is 2.52. The molecule has 3 aromatic carbocycles. The second-order valence-corrected chi connectivity index (χ2v) is 7.79. The molecule has 0 unspecified atom stereocenters. The van der Waals surface area contributed by atoms with E-state index in [1.54, 1.807) is 24.3 Å². The lowest BCUT2D eigenvalue weighted by Gasteiger charge is -2.15. The highest BCUT2D eigenvalue weighted by Gasteiger charge is 2.17. The highest BCUT2D eigenvalue weighted by Crippen LogP contribution is 2.30. The Bertz CT molecular complexity index is 1170. The molecule has 3 aromatic rings. The van der Waals surface area contributed by atoms with Gasteiger partial charge in [0.15, 0.2) is 0 Å². The summed E-state index contributed by atoms with van der Waals surface area (Å²) in [7, 11) is 0. The van der Waals surface area contributed by atoms with E-state index in [1.165, 1.54) is 30.3 Å². The van der Waals surface area contributed by atoms with Gasteiger partial charge >= 0.3 is 5.97 Å². The van der Waals surface area contributed by atoms with Gasteiger partial charge in [0.25, 0.3) is 5.91 Å². The van der Waals surface area contributed by atoms with Crippen LogP contribution in [0, 0.1) is 5.82 Å². The van der Waals surface area contributed by atoms with E-state index in [-0.39, 0.29) is 22.7 Å². The first-order valence-electron chi connectivity index (χ1n) is 9.83. The summed E-state index contributed by atoms with van der Waals surface area (Å²) in [6.07, 6.45) is 0.781. The number of nitrogens with one attached hydrogen (secondary N) is 1. The SMILES string of the molecule is CCCOc1ccc(-c2cccc(C(=O)O)c2F)cc1CNC(=O)c1ccc(Cl)cc1Cl. The van der Waals surface area contributed by atoms with Crippen LogP contribution < -0.4 is 10.1 Å². The second-order valence-electron chi connectivity index (χ2n) is 6.95. The number of ether oxygens (including phenoxy) is 1. The molecule has 0 saturated heterocycles. The van der Waals surface area contributed by atoms with Gasteiger partial charge in [-0.15, -0.1) is 0 Å². The molecule has 1 amide bonds. The van der Waals surface area contributed by atoms with Crippen LogP contribution in [0.4, 0.5) is 4.39 Å². The Balaban J connectivity index is 1.92. The van der Waals surface area contributed by atoms with Crippen LogP contribution in [-0.4, -0.2) is 23.6 Å². The Hall–Kier alpha value is -3.09. The lowest BCUT2D eigenvalue weighted by molar-refractivity contribution is 0.0691. The van der Waals surface area contributed by atoms with Gasteiger partial charge in [0.2, 0.25) is 0 Å². The van der Waals surface area contributed by atoms with Crippen LogP contribution in [0.1, 0.15) is 39.6 Å². The lowest BCUT2D eigenvalue weighted by Crippen LogP contribution is -2.23.